The summed E-state index contributed by atoms with van der Waals surface area (Å²) in [5.41, 5.74) is 3.46. The number of hydrogen-bond donors (Lipinski definition) is 0. The van der Waals surface area contributed by atoms with Gasteiger partial charge in [-0.3, -0.25) is 4.79 Å². The zero-order valence-electron chi connectivity index (χ0n) is 11.9. The molecule has 0 unspecified atom stereocenters. The summed E-state index contributed by atoms with van der Waals surface area (Å²) in [7, 11) is 0. The Morgan fingerprint density at radius 1 is 1.10 bits per heavy atom. The van der Waals surface area contributed by atoms with Gasteiger partial charge in [0.05, 0.1) is 6.61 Å². The largest absolute Gasteiger partial charge is 0.494 e. The van der Waals surface area contributed by atoms with Gasteiger partial charge in [-0.2, -0.15) is 0 Å². The number of ketones is 1. The molecule has 0 amide bonds. The van der Waals surface area contributed by atoms with Crippen LogP contribution in [0.25, 0.3) is 0 Å². The van der Waals surface area contributed by atoms with E-state index in [0.717, 1.165) is 26.9 Å². The quantitative estimate of drug-likeness (QED) is 0.759. The third-order valence-electron chi connectivity index (χ3n) is 3.18. The molecule has 0 saturated carbocycles. The second kappa shape index (κ2) is 6.23. The van der Waals surface area contributed by atoms with Gasteiger partial charge in [0.1, 0.15) is 5.75 Å². The van der Waals surface area contributed by atoms with Crippen LogP contribution in [-0.4, -0.2) is 12.4 Å². The lowest BCUT2D eigenvalue weighted by atomic mass is 9.97. The molecule has 2 nitrogen and oxygen atoms in total. The zero-order valence-corrected chi connectivity index (χ0v) is 13.5. The Morgan fingerprint density at radius 3 is 2.35 bits per heavy atom. The highest BCUT2D eigenvalue weighted by molar-refractivity contribution is 9.10. The molecular formula is C17H17BrO2. The van der Waals surface area contributed by atoms with Crippen molar-refractivity contribution < 1.29 is 9.53 Å². The number of aryl methyl sites for hydroxylation is 2. The van der Waals surface area contributed by atoms with Crippen LogP contribution in [-0.2, 0) is 0 Å². The molecule has 0 bridgehead atoms. The molecular weight excluding hydrogens is 316 g/mol. The van der Waals surface area contributed by atoms with Crippen LogP contribution in [0.2, 0.25) is 0 Å². The average Bonchev–Trinajstić information content (AvgIpc) is 2.43. The monoisotopic (exact) mass is 332 g/mol. The maximum Gasteiger partial charge on any atom is 0.193 e. The highest BCUT2D eigenvalue weighted by atomic mass is 79.9. The van der Waals surface area contributed by atoms with Gasteiger partial charge in [-0.25, -0.2) is 0 Å². The van der Waals surface area contributed by atoms with E-state index in [1.807, 2.05) is 57.2 Å². The van der Waals surface area contributed by atoms with Gasteiger partial charge in [-0.1, -0.05) is 15.9 Å². The number of rotatable bonds is 4. The minimum atomic E-state index is 0.0427. The van der Waals surface area contributed by atoms with Gasteiger partial charge in [-0.05, 0) is 68.3 Å². The lowest BCUT2D eigenvalue weighted by Crippen LogP contribution is -2.04. The van der Waals surface area contributed by atoms with E-state index in [1.54, 1.807) is 0 Å². The highest BCUT2D eigenvalue weighted by Crippen LogP contribution is 2.23. The normalized spacial score (nSPS) is 10.4. The number of benzene rings is 2. The Hall–Kier alpha value is -1.61. The van der Waals surface area contributed by atoms with Crippen molar-refractivity contribution in [3.8, 4) is 5.75 Å². The average molecular weight is 333 g/mol. The van der Waals surface area contributed by atoms with Crippen molar-refractivity contribution in [1.29, 1.82) is 0 Å². The Balaban J connectivity index is 2.33. The predicted molar refractivity (Wildman–Crippen MR) is 84.7 cm³/mol. The summed E-state index contributed by atoms with van der Waals surface area (Å²) in [6.07, 6.45) is 0. The number of hydrogen-bond acceptors (Lipinski definition) is 2. The third-order valence-corrected chi connectivity index (χ3v) is 4.03. The van der Waals surface area contributed by atoms with Crippen molar-refractivity contribution in [3.05, 3.63) is 63.1 Å². The van der Waals surface area contributed by atoms with Crippen molar-refractivity contribution >= 4 is 21.7 Å². The number of carbonyl (C=O) groups is 1. The van der Waals surface area contributed by atoms with Crippen LogP contribution in [0, 0.1) is 13.8 Å². The molecule has 0 aliphatic heterocycles. The van der Waals surface area contributed by atoms with Crippen molar-refractivity contribution in [1.82, 2.24) is 0 Å². The van der Waals surface area contributed by atoms with E-state index in [4.69, 9.17) is 4.74 Å². The van der Waals surface area contributed by atoms with Gasteiger partial charge in [-0.15, -0.1) is 0 Å². The van der Waals surface area contributed by atoms with Crippen LogP contribution in [0.1, 0.15) is 34.0 Å². The standard InChI is InChI=1S/C17H17BrO2/c1-4-20-14-7-5-13(6-8-14)17(19)15-9-12(3)16(18)10-11(15)2/h5-10H,4H2,1-3H3. The van der Waals surface area contributed by atoms with Crippen LogP contribution >= 0.6 is 15.9 Å². The Labute approximate surface area is 127 Å². The maximum atomic E-state index is 12.5. The Kier molecular flexibility index (Phi) is 4.61. The van der Waals surface area contributed by atoms with Gasteiger partial charge in [0.25, 0.3) is 0 Å². The molecule has 0 aliphatic rings. The van der Waals surface area contributed by atoms with Crippen molar-refractivity contribution in [3.63, 3.8) is 0 Å². The summed E-state index contributed by atoms with van der Waals surface area (Å²) < 4.78 is 6.41. The molecule has 104 valence electrons. The van der Waals surface area contributed by atoms with Gasteiger partial charge < -0.3 is 4.74 Å². The number of carbonyl (C=O) groups excluding carboxylic acids is 1. The fourth-order valence-corrected chi connectivity index (χ4v) is 2.51. The van der Waals surface area contributed by atoms with E-state index in [1.165, 1.54) is 0 Å². The first-order chi connectivity index (χ1) is 9.52. The van der Waals surface area contributed by atoms with Crippen molar-refractivity contribution in [2.75, 3.05) is 6.61 Å². The minimum absolute atomic E-state index is 0.0427. The SMILES string of the molecule is CCOc1ccc(C(=O)c2cc(C)c(Br)cc2C)cc1. The molecule has 2 aromatic rings. The molecule has 0 aliphatic carbocycles. The Bertz CT molecular complexity index is 630. The summed E-state index contributed by atoms with van der Waals surface area (Å²) in [6.45, 7) is 6.50. The van der Waals surface area contributed by atoms with E-state index in [0.29, 0.717) is 12.2 Å². The molecule has 2 rings (SSSR count). The molecule has 0 spiro atoms. The molecule has 0 N–H and O–H groups in total. The number of halogens is 1. The lowest BCUT2D eigenvalue weighted by Gasteiger charge is -2.09. The molecule has 3 heteroatoms. The molecule has 2 aromatic carbocycles. The summed E-state index contributed by atoms with van der Waals surface area (Å²) >= 11 is 3.48. The molecule has 0 fully saturated rings. The minimum Gasteiger partial charge on any atom is -0.494 e. The van der Waals surface area contributed by atoms with E-state index in [2.05, 4.69) is 15.9 Å². The van der Waals surface area contributed by atoms with Gasteiger partial charge >= 0.3 is 0 Å². The summed E-state index contributed by atoms with van der Waals surface area (Å²) in [6, 6.07) is 11.2. The summed E-state index contributed by atoms with van der Waals surface area (Å²) in [5, 5.41) is 0. The maximum absolute atomic E-state index is 12.5. The van der Waals surface area contributed by atoms with E-state index in [9.17, 15) is 4.79 Å². The zero-order chi connectivity index (χ0) is 14.7. The predicted octanol–water partition coefficient (Wildman–Crippen LogP) is 4.70. The van der Waals surface area contributed by atoms with Crippen LogP contribution in [0.3, 0.4) is 0 Å². The van der Waals surface area contributed by atoms with E-state index in [-0.39, 0.29) is 5.78 Å². The van der Waals surface area contributed by atoms with Crippen LogP contribution < -0.4 is 4.74 Å². The Morgan fingerprint density at radius 2 is 1.75 bits per heavy atom. The van der Waals surface area contributed by atoms with Crippen LogP contribution in [0.15, 0.2) is 40.9 Å². The van der Waals surface area contributed by atoms with E-state index < -0.39 is 0 Å². The second-order valence-electron chi connectivity index (χ2n) is 4.70. The van der Waals surface area contributed by atoms with E-state index >= 15 is 0 Å². The van der Waals surface area contributed by atoms with Crippen LogP contribution in [0.4, 0.5) is 0 Å². The third kappa shape index (κ3) is 3.10. The van der Waals surface area contributed by atoms with Crippen molar-refractivity contribution in [2.45, 2.75) is 20.8 Å². The first-order valence-corrected chi connectivity index (χ1v) is 7.36. The van der Waals surface area contributed by atoms with Crippen molar-refractivity contribution in [2.24, 2.45) is 0 Å². The molecule has 0 saturated heterocycles. The first-order valence-electron chi connectivity index (χ1n) is 6.57. The summed E-state index contributed by atoms with van der Waals surface area (Å²) in [4.78, 5) is 12.5. The van der Waals surface area contributed by atoms with Gasteiger partial charge in [0, 0.05) is 15.6 Å². The number of ether oxygens (including phenoxy) is 1. The first kappa shape index (κ1) is 14.8. The highest BCUT2D eigenvalue weighted by Gasteiger charge is 2.13. The fraction of sp³-hybridized carbons (Fsp3) is 0.235. The smallest absolute Gasteiger partial charge is 0.193 e. The van der Waals surface area contributed by atoms with Gasteiger partial charge in [0.15, 0.2) is 5.78 Å². The second-order valence-corrected chi connectivity index (χ2v) is 5.56. The summed E-state index contributed by atoms with van der Waals surface area (Å²) in [5.74, 6) is 0.828. The lowest BCUT2D eigenvalue weighted by molar-refractivity contribution is 0.103. The molecule has 20 heavy (non-hydrogen) atoms. The molecule has 0 aromatic heterocycles. The molecule has 0 radical (unpaired) electrons. The fourth-order valence-electron chi connectivity index (χ4n) is 2.05. The van der Waals surface area contributed by atoms with Crippen LogP contribution in [0.5, 0.6) is 5.75 Å². The van der Waals surface area contributed by atoms with Gasteiger partial charge in [0.2, 0.25) is 0 Å². The molecule has 0 heterocycles. The molecule has 0 atom stereocenters. The topological polar surface area (TPSA) is 26.3 Å².